The Bertz CT molecular complexity index is 384. The van der Waals surface area contributed by atoms with Gasteiger partial charge in [0.25, 0.3) is 5.58 Å². The van der Waals surface area contributed by atoms with Crippen LogP contribution in [0.2, 0.25) is 0 Å². The highest BCUT2D eigenvalue weighted by molar-refractivity contribution is 5.81. The summed E-state index contributed by atoms with van der Waals surface area (Å²) in [4.78, 5) is 0. The van der Waals surface area contributed by atoms with Gasteiger partial charge >= 0.3 is 0 Å². The van der Waals surface area contributed by atoms with E-state index < -0.39 is 0 Å². The Balaban J connectivity index is 2.91. The zero-order valence-corrected chi connectivity index (χ0v) is 5.44. The van der Waals surface area contributed by atoms with Crippen LogP contribution in [0, 0.1) is 0 Å². The maximum absolute atomic E-state index is 5.50. The molecular weight excluding hydrogens is 150 g/mol. The third-order valence-corrected chi connectivity index (χ3v) is 1.28. The van der Waals surface area contributed by atoms with E-state index in [9.17, 15) is 0 Å². The molecule has 2 rings (SSSR count). The summed E-state index contributed by atoms with van der Waals surface area (Å²) in [5.74, 6) is 0. The van der Waals surface area contributed by atoms with Crippen molar-refractivity contribution >= 4 is 16.9 Å². The first kappa shape index (κ1) is 5.96. The fourth-order valence-electron chi connectivity index (χ4n) is 0.786. The van der Waals surface area contributed by atoms with Gasteiger partial charge in [0.15, 0.2) is 0 Å². The van der Waals surface area contributed by atoms with Crippen LogP contribution in [0.3, 0.4) is 0 Å². The number of hydrogen-bond donors (Lipinski definition) is 1. The van der Waals surface area contributed by atoms with Gasteiger partial charge in [-0.25, -0.2) is 9.15 Å². The molecule has 1 aromatic carbocycles. The lowest BCUT2D eigenvalue weighted by molar-refractivity contribution is -0.295. The third-order valence-electron chi connectivity index (χ3n) is 1.28. The van der Waals surface area contributed by atoms with Crippen molar-refractivity contribution in [2.45, 2.75) is 0 Å². The standard InChI is InChI=1S/C6H5NO4/c7-4-2-1-3-5-6(4)9-11-10-8-5/h1-3H,7H2. The first-order valence-electron chi connectivity index (χ1n) is 2.94. The topological polar surface area (TPSA) is 78.6 Å². The van der Waals surface area contributed by atoms with E-state index in [1.165, 1.54) is 0 Å². The third kappa shape index (κ3) is 0.861. The molecule has 0 bridgehead atoms. The van der Waals surface area contributed by atoms with Crippen molar-refractivity contribution in [3.63, 3.8) is 0 Å². The number of para-hydroxylation sites is 1. The average molecular weight is 155 g/mol. The number of benzene rings is 1. The van der Waals surface area contributed by atoms with Crippen molar-refractivity contribution in [3.05, 3.63) is 18.2 Å². The van der Waals surface area contributed by atoms with E-state index in [0.717, 1.165) is 0 Å². The molecule has 0 aliphatic carbocycles. The van der Waals surface area contributed by atoms with Crippen molar-refractivity contribution in [2.24, 2.45) is 0 Å². The minimum Gasteiger partial charge on any atom is -0.395 e. The van der Waals surface area contributed by atoms with Crippen molar-refractivity contribution < 1.29 is 18.6 Å². The minimum absolute atomic E-state index is 0.332. The number of anilines is 1. The SMILES string of the molecule is Nc1cccc2ooooc12. The number of hydrogen-bond acceptors (Lipinski definition) is 5. The second-order valence-corrected chi connectivity index (χ2v) is 1.98. The van der Waals surface area contributed by atoms with Gasteiger partial charge in [-0.2, -0.15) is 0 Å². The van der Waals surface area contributed by atoms with Crippen LogP contribution < -0.4 is 5.73 Å². The van der Waals surface area contributed by atoms with Gasteiger partial charge < -0.3 is 5.73 Å². The Morgan fingerprint density at radius 1 is 1.09 bits per heavy atom. The van der Waals surface area contributed by atoms with Gasteiger partial charge in [0.1, 0.15) is 0 Å². The van der Waals surface area contributed by atoms with Crippen LogP contribution in [0.15, 0.2) is 36.8 Å². The molecule has 0 fully saturated rings. The van der Waals surface area contributed by atoms with Gasteiger partial charge in [0.05, 0.1) is 5.69 Å². The van der Waals surface area contributed by atoms with Gasteiger partial charge in [-0.05, 0) is 21.6 Å². The van der Waals surface area contributed by atoms with Gasteiger partial charge in [-0.15, -0.1) is 0 Å². The van der Waals surface area contributed by atoms with Gasteiger partial charge in [-0.1, -0.05) is 6.07 Å². The Kier molecular flexibility index (Phi) is 1.15. The molecule has 0 amide bonds. The highest BCUT2D eigenvalue weighted by Crippen LogP contribution is 2.19. The largest absolute Gasteiger partial charge is 0.395 e. The summed E-state index contributed by atoms with van der Waals surface area (Å²) in [6, 6.07) is 5.03. The van der Waals surface area contributed by atoms with Crippen LogP contribution >= 0.6 is 0 Å². The lowest BCUT2D eigenvalue weighted by Gasteiger charge is -1.92. The highest BCUT2D eigenvalue weighted by atomic mass is 17.4. The zero-order chi connectivity index (χ0) is 7.68. The van der Waals surface area contributed by atoms with Crippen molar-refractivity contribution in [1.82, 2.24) is 0 Å². The van der Waals surface area contributed by atoms with Crippen molar-refractivity contribution in [3.8, 4) is 0 Å². The Morgan fingerprint density at radius 3 is 2.73 bits per heavy atom. The van der Waals surface area contributed by atoms with Crippen LogP contribution in [0.1, 0.15) is 0 Å². The highest BCUT2D eigenvalue weighted by Gasteiger charge is 2.02. The minimum atomic E-state index is 0.332. The maximum atomic E-state index is 5.50. The van der Waals surface area contributed by atoms with E-state index >= 15 is 0 Å². The molecule has 5 nitrogen and oxygen atoms in total. The summed E-state index contributed by atoms with van der Waals surface area (Å²) >= 11 is 0. The lowest BCUT2D eigenvalue weighted by atomic mass is 10.3. The molecule has 2 N–H and O–H groups in total. The summed E-state index contributed by atoms with van der Waals surface area (Å²) in [5.41, 5.74) is 6.67. The molecular formula is C6H5NO4. The lowest BCUT2D eigenvalue weighted by Crippen LogP contribution is -1.84. The van der Waals surface area contributed by atoms with Crippen LogP contribution in [0.4, 0.5) is 5.69 Å². The van der Waals surface area contributed by atoms with E-state index in [-0.39, 0.29) is 0 Å². The van der Waals surface area contributed by atoms with E-state index in [1.54, 1.807) is 18.2 Å². The fourth-order valence-corrected chi connectivity index (χ4v) is 0.786. The molecule has 2 aromatic rings. The van der Waals surface area contributed by atoms with Crippen molar-refractivity contribution in [1.29, 1.82) is 0 Å². The molecule has 11 heavy (non-hydrogen) atoms. The van der Waals surface area contributed by atoms with E-state index in [0.29, 0.717) is 16.9 Å². The predicted octanol–water partition coefficient (Wildman–Crippen LogP) is 1.92. The number of rotatable bonds is 0. The molecule has 1 heterocycles. The van der Waals surface area contributed by atoms with Crippen LogP contribution in [0.5, 0.6) is 0 Å². The van der Waals surface area contributed by atoms with Crippen LogP contribution in [0.25, 0.3) is 11.2 Å². The second-order valence-electron chi connectivity index (χ2n) is 1.98. The van der Waals surface area contributed by atoms with E-state index in [1.807, 2.05) is 0 Å². The van der Waals surface area contributed by atoms with E-state index in [4.69, 9.17) is 5.73 Å². The van der Waals surface area contributed by atoms with Crippen molar-refractivity contribution in [2.75, 3.05) is 5.73 Å². The monoisotopic (exact) mass is 155 g/mol. The molecule has 0 saturated heterocycles. The number of fused-ring (bicyclic) bond motifs is 1. The number of nitrogens with two attached hydrogens (primary N) is 1. The molecule has 0 unspecified atom stereocenters. The van der Waals surface area contributed by atoms with Crippen LogP contribution in [-0.4, -0.2) is 0 Å². The predicted molar refractivity (Wildman–Crippen MR) is 35.1 cm³/mol. The molecule has 0 aliphatic heterocycles. The molecule has 5 heteroatoms. The molecule has 0 spiro atoms. The fraction of sp³-hybridized carbons (Fsp3) is 0. The quantitative estimate of drug-likeness (QED) is 0.464. The molecule has 0 saturated carbocycles. The average Bonchev–Trinajstić information content (AvgIpc) is 2.06. The summed E-state index contributed by atoms with van der Waals surface area (Å²) in [5, 5.41) is 0. The Morgan fingerprint density at radius 2 is 1.91 bits per heavy atom. The van der Waals surface area contributed by atoms with Gasteiger partial charge in [0, 0.05) is 0 Å². The summed E-state index contributed by atoms with van der Waals surface area (Å²) < 4.78 is 17.3. The first-order chi connectivity index (χ1) is 5.38. The summed E-state index contributed by atoms with van der Waals surface area (Å²) in [6.45, 7) is 0. The molecule has 58 valence electrons. The first-order valence-corrected chi connectivity index (χ1v) is 2.94. The smallest absolute Gasteiger partial charge is 0.253 e. The van der Waals surface area contributed by atoms with Gasteiger partial charge in [-0.3, -0.25) is 0 Å². The van der Waals surface area contributed by atoms with E-state index in [2.05, 4.69) is 18.6 Å². The molecule has 0 radical (unpaired) electrons. The molecule has 1 aromatic heterocycles. The second kappa shape index (κ2) is 2.12. The molecule has 0 aliphatic rings. The normalized spacial score (nSPS) is 10.2. The summed E-state index contributed by atoms with van der Waals surface area (Å²) in [7, 11) is 0. The Hall–Kier alpha value is -1.78. The Labute approximate surface area is 60.4 Å². The number of nitrogen functional groups attached to an aromatic ring is 1. The molecule has 0 atom stereocenters. The zero-order valence-electron chi connectivity index (χ0n) is 5.44. The summed E-state index contributed by atoms with van der Waals surface area (Å²) in [6.07, 6.45) is 0. The van der Waals surface area contributed by atoms with Gasteiger partial charge in [0.2, 0.25) is 5.58 Å². The maximum Gasteiger partial charge on any atom is 0.253 e. The van der Waals surface area contributed by atoms with Crippen LogP contribution in [-0.2, 0) is 0 Å².